The first kappa shape index (κ1) is 14.2. The van der Waals surface area contributed by atoms with Crippen LogP contribution in [0.2, 0.25) is 0 Å². The summed E-state index contributed by atoms with van der Waals surface area (Å²) < 4.78 is 0. The van der Waals surface area contributed by atoms with E-state index in [0.717, 1.165) is 24.2 Å². The Bertz CT molecular complexity index is 552. The summed E-state index contributed by atoms with van der Waals surface area (Å²) >= 11 is 0. The smallest absolute Gasteiger partial charge is 0.220 e. The number of nitrogens with two attached hydrogens (primary N) is 2. The monoisotopic (exact) mass is 272 g/mol. The fourth-order valence-electron chi connectivity index (χ4n) is 1.95. The average Bonchev–Trinajstić information content (AvgIpc) is 2.47. The maximum Gasteiger partial charge on any atom is 0.220 e. The minimum Gasteiger partial charge on any atom is -0.396 e. The van der Waals surface area contributed by atoms with Gasteiger partial charge >= 0.3 is 0 Å². The van der Waals surface area contributed by atoms with Crippen LogP contribution in [0.3, 0.4) is 0 Å². The van der Waals surface area contributed by atoms with Gasteiger partial charge in [-0.1, -0.05) is 26.2 Å². The van der Waals surface area contributed by atoms with Gasteiger partial charge in [0, 0.05) is 24.4 Å². The first-order valence-electron chi connectivity index (χ1n) is 6.90. The number of hydrogen-bond donors (Lipinski definition) is 2. The number of nitrogens with zero attached hydrogens (tertiary/aromatic N) is 4. The van der Waals surface area contributed by atoms with Crippen LogP contribution in [-0.4, -0.2) is 19.9 Å². The molecule has 0 aromatic carbocycles. The molecule has 6 nitrogen and oxygen atoms in total. The molecule has 4 N–H and O–H groups in total. The predicted molar refractivity (Wildman–Crippen MR) is 79.7 cm³/mol. The van der Waals surface area contributed by atoms with Gasteiger partial charge in [0.15, 0.2) is 0 Å². The molecule has 0 fully saturated rings. The van der Waals surface area contributed by atoms with E-state index in [1.807, 2.05) is 0 Å². The number of nitrogen functional groups attached to an aromatic ring is 2. The van der Waals surface area contributed by atoms with Gasteiger partial charge < -0.3 is 11.5 Å². The summed E-state index contributed by atoms with van der Waals surface area (Å²) in [6.07, 6.45) is 10.7. The molecule has 0 spiro atoms. The standard InChI is InChI=1S/C14H20N6/c1-2-3-4-5-6-12-17-7-10(8-18-12)13-11(15)9-19-14(16)20-13/h7-9H,2-6,15H2,1H3,(H2,16,19,20). The minimum absolute atomic E-state index is 0.192. The zero-order valence-corrected chi connectivity index (χ0v) is 11.7. The maximum atomic E-state index is 5.84. The molecule has 2 heterocycles. The zero-order valence-electron chi connectivity index (χ0n) is 11.7. The molecule has 0 atom stereocenters. The molecular formula is C14H20N6. The lowest BCUT2D eigenvalue weighted by atomic mass is 10.1. The molecule has 0 bridgehead atoms. The van der Waals surface area contributed by atoms with Crippen molar-refractivity contribution in [1.82, 2.24) is 19.9 Å². The molecule has 2 aromatic heterocycles. The van der Waals surface area contributed by atoms with Gasteiger partial charge in [0.2, 0.25) is 5.95 Å². The molecule has 0 aliphatic rings. The second-order valence-electron chi connectivity index (χ2n) is 4.73. The van der Waals surface area contributed by atoms with Crippen molar-refractivity contribution in [2.45, 2.75) is 39.0 Å². The van der Waals surface area contributed by atoms with Crippen molar-refractivity contribution >= 4 is 11.6 Å². The summed E-state index contributed by atoms with van der Waals surface area (Å²) in [5, 5.41) is 0. The van der Waals surface area contributed by atoms with E-state index in [4.69, 9.17) is 11.5 Å². The number of rotatable bonds is 6. The number of unbranched alkanes of at least 4 members (excludes halogenated alkanes) is 3. The predicted octanol–water partition coefficient (Wildman–Crippen LogP) is 2.22. The average molecular weight is 272 g/mol. The largest absolute Gasteiger partial charge is 0.396 e. The van der Waals surface area contributed by atoms with Crippen molar-refractivity contribution < 1.29 is 0 Å². The van der Waals surface area contributed by atoms with E-state index in [9.17, 15) is 0 Å². The fourth-order valence-corrected chi connectivity index (χ4v) is 1.95. The molecule has 0 aliphatic heterocycles. The summed E-state index contributed by atoms with van der Waals surface area (Å²) in [6, 6.07) is 0. The van der Waals surface area contributed by atoms with E-state index in [1.54, 1.807) is 12.4 Å². The highest BCUT2D eigenvalue weighted by molar-refractivity contribution is 5.71. The lowest BCUT2D eigenvalue weighted by Gasteiger charge is -2.05. The number of aromatic nitrogens is 4. The third kappa shape index (κ3) is 3.63. The molecule has 0 aliphatic carbocycles. The topological polar surface area (TPSA) is 104 Å². The summed E-state index contributed by atoms with van der Waals surface area (Å²) in [5.41, 5.74) is 13.2. The van der Waals surface area contributed by atoms with E-state index in [1.165, 1.54) is 25.5 Å². The van der Waals surface area contributed by atoms with Gasteiger partial charge in [-0.2, -0.15) is 0 Å². The Labute approximate surface area is 118 Å². The first-order chi connectivity index (χ1) is 9.70. The van der Waals surface area contributed by atoms with Crippen LogP contribution in [0.25, 0.3) is 11.3 Å². The van der Waals surface area contributed by atoms with Gasteiger partial charge in [0.1, 0.15) is 11.5 Å². The quantitative estimate of drug-likeness (QED) is 0.781. The van der Waals surface area contributed by atoms with E-state index < -0.39 is 0 Å². The van der Waals surface area contributed by atoms with Crippen molar-refractivity contribution in [1.29, 1.82) is 0 Å². The second kappa shape index (κ2) is 6.79. The van der Waals surface area contributed by atoms with Crippen LogP contribution in [0.1, 0.15) is 38.4 Å². The lowest BCUT2D eigenvalue weighted by Crippen LogP contribution is -2.02. The summed E-state index contributed by atoms with van der Waals surface area (Å²) in [6.45, 7) is 2.20. The van der Waals surface area contributed by atoms with Crippen LogP contribution in [-0.2, 0) is 6.42 Å². The van der Waals surface area contributed by atoms with Gasteiger partial charge in [0.25, 0.3) is 0 Å². The second-order valence-corrected chi connectivity index (χ2v) is 4.73. The lowest BCUT2D eigenvalue weighted by molar-refractivity contribution is 0.652. The fraction of sp³-hybridized carbons (Fsp3) is 0.429. The highest BCUT2D eigenvalue weighted by atomic mass is 15.0. The molecule has 2 rings (SSSR count). The number of anilines is 2. The van der Waals surface area contributed by atoms with Gasteiger partial charge in [-0.05, 0) is 6.42 Å². The Hall–Kier alpha value is -2.24. The van der Waals surface area contributed by atoms with Crippen LogP contribution in [0.4, 0.5) is 11.6 Å². The summed E-state index contributed by atoms with van der Waals surface area (Å²) in [5.74, 6) is 1.04. The Morgan fingerprint density at radius 1 is 0.950 bits per heavy atom. The first-order valence-corrected chi connectivity index (χ1v) is 6.90. The molecule has 0 radical (unpaired) electrons. The summed E-state index contributed by atoms with van der Waals surface area (Å²) in [4.78, 5) is 16.7. The molecule has 20 heavy (non-hydrogen) atoms. The highest BCUT2D eigenvalue weighted by Gasteiger charge is 2.07. The van der Waals surface area contributed by atoms with Crippen LogP contribution < -0.4 is 11.5 Å². The zero-order chi connectivity index (χ0) is 14.4. The summed E-state index contributed by atoms with van der Waals surface area (Å²) in [7, 11) is 0. The third-order valence-electron chi connectivity index (χ3n) is 3.07. The molecule has 0 unspecified atom stereocenters. The van der Waals surface area contributed by atoms with Crippen molar-refractivity contribution in [2.24, 2.45) is 0 Å². The SMILES string of the molecule is CCCCCCc1ncc(-c2nc(N)ncc2N)cn1. The molecule has 0 saturated carbocycles. The van der Waals surface area contributed by atoms with E-state index >= 15 is 0 Å². The minimum atomic E-state index is 0.192. The molecule has 0 amide bonds. The van der Waals surface area contributed by atoms with Gasteiger partial charge in [-0.25, -0.2) is 19.9 Å². The maximum absolute atomic E-state index is 5.84. The van der Waals surface area contributed by atoms with Crippen molar-refractivity contribution in [3.05, 3.63) is 24.4 Å². The van der Waals surface area contributed by atoms with Crippen molar-refractivity contribution in [3.63, 3.8) is 0 Å². The highest BCUT2D eigenvalue weighted by Crippen LogP contribution is 2.22. The molecule has 6 heteroatoms. The van der Waals surface area contributed by atoms with E-state index in [0.29, 0.717) is 11.4 Å². The van der Waals surface area contributed by atoms with Gasteiger partial charge in [0.05, 0.1) is 11.9 Å². The van der Waals surface area contributed by atoms with E-state index in [-0.39, 0.29) is 5.95 Å². The molecule has 0 saturated heterocycles. The van der Waals surface area contributed by atoms with Crippen LogP contribution in [0.5, 0.6) is 0 Å². The normalized spacial score (nSPS) is 10.7. The third-order valence-corrected chi connectivity index (χ3v) is 3.07. The van der Waals surface area contributed by atoms with Crippen LogP contribution >= 0.6 is 0 Å². The molecule has 106 valence electrons. The molecular weight excluding hydrogens is 252 g/mol. The van der Waals surface area contributed by atoms with E-state index in [2.05, 4.69) is 26.9 Å². The molecule has 2 aromatic rings. The Morgan fingerprint density at radius 2 is 1.70 bits per heavy atom. The number of aryl methyl sites for hydroxylation is 1. The van der Waals surface area contributed by atoms with Crippen molar-refractivity contribution in [2.75, 3.05) is 11.5 Å². The number of hydrogen-bond acceptors (Lipinski definition) is 6. The van der Waals surface area contributed by atoms with Crippen LogP contribution in [0, 0.1) is 0 Å². The van der Waals surface area contributed by atoms with Crippen molar-refractivity contribution in [3.8, 4) is 11.3 Å². The van der Waals surface area contributed by atoms with Crippen LogP contribution in [0.15, 0.2) is 18.6 Å². The Morgan fingerprint density at radius 3 is 2.40 bits per heavy atom. The van der Waals surface area contributed by atoms with Gasteiger partial charge in [-0.15, -0.1) is 0 Å². The van der Waals surface area contributed by atoms with Gasteiger partial charge in [-0.3, -0.25) is 0 Å². The Balaban J connectivity index is 2.06. The Kier molecular flexibility index (Phi) is 4.81.